The average Bonchev–Trinajstić information content (AvgIpc) is 2.43. The van der Waals surface area contributed by atoms with Gasteiger partial charge < -0.3 is 10.1 Å². The van der Waals surface area contributed by atoms with E-state index in [1.807, 2.05) is 30.3 Å². The third-order valence-corrected chi connectivity index (χ3v) is 2.60. The van der Waals surface area contributed by atoms with Crippen molar-refractivity contribution in [2.24, 2.45) is 0 Å². The standard InChI is InChI=1S/C13H15N3O2/c1-18-11(10-5-3-2-4-6-10)9-14-12-7-8-13(17)16-15-12/h2-8,11H,9H2,1H3,(H,14,15)(H,16,17). The molecule has 5 heteroatoms. The van der Waals surface area contributed by atoms with Crippen LogP contribution in [0.2, 0.25) is 0 Å². The van der Waals surface area contributed by atoms with E-state index >= 15 is 0 Å². The van der Waals surface area contributed by atoms with E-state index in [1.165, 1.54) is 6.07 Å². The van der Waals surface area contributed by atoms with E-state index in [0.717, 1.165) is 5.56 Å². The third kappa shape index (κ3) is 3.18. The normalized spacial score (nSPS) is 12.1. The number of hydrogen-bond donors (Lipinski definition) is 2. The number of rotatable bonds is 5. The summed E-state index contributed by atoms with van der Waals surface area (Å²) in [4.78, 5) is 10.9. The summed E-state index contributed by atoms with van der Waals surface area (Å²) in [6.07, 6.45) is -0.0556. The highest BCUT2D eigenvalue weighted by atomic mass is 16.5. The van der Waals surface area contributed by atoms with Crippen LogP contribution in [0, 0.1) is 0 Å². The van der Waals surface area contributed by atoms with Gasteiger partial charge >= 0.3 is 0 Å². The second kappa shape index (κ2) is 5.97. The van der Waals surface area contributed by atoms with Crippen LogP contribution < -0.4 is 10.9 Å². The minimum atomic E-state index is -0.216. The van der Waals surface area contributed by atoms with Gasteiger partial charge in [0.05, 0.1) is 6.10 Å². The molecule has 2 aromatic rings. The van der Waals surface area contributed by atoms with Crippen molar-refractivity contribution in [2.45, 2.75) is 6.10 Å². The summed E-state index contributed by atoms with van der Waals surface area (Å²) in [5.41, 5.74) is 0.879. The van der Waals surface area contributed by atoms with Crippen molar-refractivity contribution in [2.75, 3.05) is 19.0 Å². The summed E-state index contributed by atoms with van der Waals surface area (Å²) in [6, 6.07) is 13.0. The predicted molar refractivity (Wildman–Crippen MR) is 69.5 cm³/mol. The molecule has 5 nitrogen and oxygen atoms in total. The summed E-state index contributed by atoms with van der Waals surface area (Å²) < 4.78 is 5.42. The van der Waals surface area contributed by atoms with E-state index in [2.05, 4.69) is 15.5 Å². The van der Waals surface area contributed by atoms with Gasteiger partial charge in [-0.15, -0.1) is 0 Å². The van der Waals surface area contributed by atoms with Crippen LogP contribution in [0.4, 0.5) is 5.82 Å². The zero-order chi connectivity index (χ0) is 12.8. The second-order valence-corrected chi connectivity index (χ2v) is 3.82. The lowest BCUT2D eigenvalue weighted by molar-refractivity contribution is 0.114. The van der Waals surface area contributed by atoms with Crippen molar-refractivity contribution in [1.82, 2.24) is 10.2 Å². The Hall–Kier alpha value is -2.14. The molecule has 2 N–H and O–H groups in total. The Labute approximate surface area is 105 Å². The van der Waals surface area contributed by atoms with Gasteiger partial charge in [-0.05, 0) is 11.6 Å². The molecule has 1 aromatic carbocycles. The van der Waals surface area contributed by atoms with Crippen LogP contribution in [-0.4, -0.2) is 23.9 Å². The van der Waals surface area contributed by atoms with Crippen molar-refractivity contribution in [1.29, 1.82) is 0 Å². The molecule has 0 saturated carbocycles. The molecule has 0 bridgehead atoms. The number of ether oxygens (including phenoxy) is 1. The summed E-state index contributed by atoms with van der Waals surface area (Å²) in [6.45, 7) is 0.583. The first kappa shape index (κ1) is 12.3. The van der Waals surface area contributed by atoms with Crippen LogP contribution in [0.25, 0.3) is 0 Å². The second-order valence-electron chi connectivity index (χ2n) is 3.82. The van der Waals surface area contributed by atoms with Crippen molar-refractivity contribution in [3.8, 4) is 0 Å². The molecule has 2 rings (SSSR count). The number of nitrogens with one attached hydrogen (secondary N) is 2. The Morgan fingerprint density at radius 3 is 2.67 bits per heavy atom. The van der Waals surface area contributed by atoms with Crippen LogP contribution in [0.5, 0.6) is 0 Å². The van der Waals surface area contributed by atoms with Gasteiger partial charge in [0.15, 0.2) is 0 Å². The number of H-pyrrole nitrogens is 1. The molecule has 1 unspecified atom stereocenters. The number of anilines is 1. The van der Waals surface area contributed by atoms with Crippen LogP contribution in [0.15, 0.2) is 47.3 Å². The van der Waals surface area contributed by atoms with Crippen LogP contribution in [0.3, 0.4) is 0 Å². The molecular formula is C13H15N3O2. The first-order chi connectivity index (χ1) is 8.79. The Bertz CT molecular complexity index is 519. The molecule has 94 valence electrons. The number of benzene rings is 1. The van der Waals surface area contributed by atoms with Crippen LogP contribution >= 0.6 is 0 Å². The number of methoxy groups -OCH3 is 1. The van der Waals surface area contributed by atoms with E-state index in [4.69, 9.17) is 4.74 Å². The van der Waals surface area contributed by atoms with Gasteiger partial charge in [-0.1, -0.05) is 30.3 Å². The largest absolute Gasteiger partial charge is 0.375 e. The highest BCUT2D eigenvalue weighted by molar-refractivity contribution is 5.32. The van der Waals surface area contributed by atoms with Crippen LogP contribution in [0.1, 0.15) is 11.7 Å². The Morgan fingerprint density at radius 2 is 2.06 bits per heavy atom. The van der Waals surface area contributed by atoms with Crippen LogP contribution in [-0.2, 0) is 4.74 Å². The van der Waals surface area contributed by atoms with Crippen molar-refractivity contribution in [3.63, 3.8) is 0 Å². The van der Waals surface area contributed by atoms with E-state index in [9.17, 15) is 4.79 Å². The van der Waals surface area contributed by atoms with Gasteiger partial charge in [0.25, 0.3) is 5.56 Å². The fourth-order valence-electron chi connectivity index (χ4n) is 1.65. The fraction of sp³-hybridized carbons (Fsp3) is 0.231. The smallest absolute Gasteiger partial charge is 0.264 e. The van der Waals surface area contributed by atoms with E-state index in [-0.39, 0.29) is 11.7 Å². The van der Waals surface area contributed by atoms with Gasteiger partial charge in [-0.2, -0.15) is 5.10 Å². The number of aromatic amines is 1. The summed E-state index contributed by atoms with van der Waals surface area (Å²) in [5.74, 6) is 0.618. The molecule has 0 saturated heterocycles. The van der Waals surface area contributed by atoms with Gasteiger partial charge in [-0.3, -0.25) is 4.79 Å². The van der Waals surface area contributed by atoms with E-state index in [1.54, 1.807) is 13.2 Å². The minimum absolute atomic E-state index is 0.0556. The Morgan fingerprint density at radius 1 is 1.28 bits per heavy atom. The zero-order valence-electron chi connectivity index (χ0n) is 10.1. The van der Waals surface area contributed by atoms with Gasteiger partial charge in [0.1, 0.15) is 5.82 Å². The molecule has 0 radical (unpaired) electrons. The first-order valence-corrected chi connectivity index (χ1v) is 5.67. The number of nitrogens with zero attached hydrogens (tertiary/aromatic N) is 1. The Balaban J connectivity index is 1.99. The summed E-state index contributed by atoms with van der Waals surface area (Å²) >= 11 is 0. The van der Waals surface area contributed by atoms with Crippen molar-refractivity contribution in [3.05, 3.63) is 58.4 Å². The molecule has 1 atom stereocenters. The SMILES string of the molecule is COC(CNc1ccc(=O)[nH]n1)c1ccccc1. The van der Waals surface area contributed by atoms with Gasteiger partial charge in [-0.25, -0.2) is 5.10 Å². The maximum atomic E-state index is 10.9. The predicted octanol–water partition coefficient (Wildman–Crippen LogP) is 1.57. The fourth-order valence-corrected chi connectivity index (χ4v) is 1.65. The number of hydrogen-bond acceptors (Lipinski definition) is 4. The van der Waals surface area contributed by atoms with Gasteiger partial charge in [0, 0.05) is 19.7 Å². The first-order valence-electron chi connectivity index (χ1n) is 5.67. The van der Waals surface area contributed by atoms with E-state index in [0.29, 0.717) is 12.4 Å². The summed E-state index contributed by atoms with van der Waals surface area (Å²) in [5, 5.41) is 9.36. The van der Waals surface area contributed by atoms with Crippen molar-refractivity contribution >= 4 is 5.82 Å². The molecule has 18 heavy (non-hydrogen) atoms. The monoisotopic (exact) mass is 245 g/mol. The highest BCUT2D eigenvalue weighted by Crippen LogP contribution is 2.16. The lowest BCUT2D eigenvalue weighted by atomic mass is 10.1. The molecule has 0 fully saturated rings. The summed E-state index contributed by atoms with van der Waals surface area (Å²) in [7, 11) is 1.67. The third-order valence-electron chi connectivity index (χ3n) is 2.60. The van der Waals surface area contributed by atoms with Crippen molar-refractivity contribution < 1.29 is 4.74 Å². The average molecular weight is 245 g/mol. The molecule has 0 aliphatic heterocycles. The highest BCUT2D eigenvalue weighted by Gasteiger charge is 2.09. The lowest BCUT2D eigenvalue weighted by Gasteiger charge is -2.16. The molecule has 0 aliphatic carbocycles. The molecule has 1 aromatic heterocycles. The molecule has 1 heterocycles. The van der Waals surface area contributed by atoms with E-state index < -0.39 is 0 Å². The Kier molecular flexibility index (Phi) is 4.09. The zero-order valence-corrected chi connectivity index (χ0v) is 10.1. The maximum absolute atomic E-state index is 10.9. The minimum Gasteiger partial charge on any atom is -0.375 e. The topological polar surface area (TPSA) is 67.0 Å². The quantitative estimate of drug-likeness (QED) is 0.839. The molecule has 0 spiro atoms. The maximum Gasteiger partial charge on any atom is 0.264 e. The van der Waals surface area contributed by atoms with Gasteiger partial charge in [0.2, 0.25) is 0 Å². The lowest BCUT2D eigenvalue weighted by Crippen LogP contribution is -2.16. The molecule has 0 aliphatic rings. The number of aromatic nitrogens is 2. The molecular weight excluding hydrogens is 230 g/mol. The molecule has 0 amide bonds.